The molecule has 1 amide bonds. The summed E-state index contributed by atoms with van der Waals surface area (Å²) in [7, 11) is 0. The normalized spacial score (nSPS) is 12.1. The molecule has 1 atom stereocenters. The van der Waals surface area contributed by atoms with Gasteiger partial charge in [0, 0.05) is 6.04 Å². The van der Waals surface area contributed by atoms with Crippen LogP contribution in [0.15, 0.2) is 22.7 Å². The van der Waals surface area contributed by atoms with Crippen LogP contribution in [0.3, 0.4) is 0 Å². The molecule has 0 spiro atoms. The minimum absolute atomic E-state index is 0.143. The number of hydrogen-bond donors (Lipinski definition) is 3. The maximum Gasteiger partial charge on any atom is 0.257 e. The van der Waals surface area contributed by atoms with Crippen LogP contribution in [0, 0.1) is 13.8 Å². The molecule has 3 N–H and O–H groups in total. The van der Waals surface area contributed by atoms with E-state index in [1.54, 1.807) is 19.9 Å². The number of aryl methyl sites for hydroxylation is 2. The molecule has 0 aliphatic rings. The second-order valence-electron chi connectivity index (χ2n) is 5.10. The van der Waals surface area contributed by atoms with Crippen LogP contribution in [0.2, 0.25) is 0 Å². The van der Waals surface area contributed by atoms with Crippen LogP contribution >= 0.6 is 0 Å². The molecule has 1 aromatic heterocycles. The van der Waals surface area contributed by atoms with E-state index in [1.807, 2.05) is 6.92 Å². The van der Waals surface area contributed by atoms with Crippen LogP contribution in [0.4, 0.5) is 0 Å². The van der Waals surface area contributed by atoms with Crippen molar-refractivity contribution in [2.45, 2.75) is 33.2 Å². The maximum absolute atomic E-state index is 12.2. The Morgan fingerprint density at radius 2 is 2.05 bits per heavy atom. The lowest BCUT2D eigenvalue weighted by atomic mass is 10.1. The number of nitrogens with one attached hydrogen (secondary N) is 1. The van der Waals surface area contributed by atoms with Crippen LogP contribution in [-0.4, -0.2) is 27.3 Å². The molecule has 0 saturated heterocycles. The SMILES string of the molecule is Cc1noc(C)c1C(=O)N[C@@H](C)Cc1ccc(O)c(O)c1. The van der Waals surface area contributed by atoms with Crippen LogP contribution in [0.5, 0.6) is 11.5 Å². The van der Waals surface area contributed by atoms with E-state index in [0.717, 1.165) is 5.56 Å². The smallest absolute Gasteiger partial charge is 0.257 e. The third-order valence-electron chi connectivity index (χ3n) is 3.22. The highest BCUT2D eigenvalue weighted by Crippen LogP contribution is 2.25. The van der Waals surface area contributed by atoms with Gasteiger partial charge in [0.25, 0.3) is 5.91 Å². The van der Waals surface area contributed by atoms with E-state index < -0.39 is 0 Å². The quantitative estimate of drug-likeness (QED) is 0.749. The number of benzene rings is 1. The summed E-state index contributed by atoms with van der Waals surface area (Å²) in [6.07, 6.45) is 0.531. The van der Waals surface area contributed by atoms with Crippen molar-refractivity contribution in [1.82, 2.24) is 10.5 Å². The van der Waals surface area contributed by atoms with Crippen molar-refractivity contribution in [3.8, 4) is 11.5 Å². The van der Waals surface area contributed by atoms with Gasteiger partial charge in [0.1, 0.15) is 11.3 Å². The number of phenols is 2. The van der Waals surface area contributed by atoms with Crippen molar-refractivity contribution >= 4 is 5.91 Å². The highest BCUT2D eigenvalue weighted by molar-refractivity contribution is 5.96. The van der Waals surface area contributed by atoms with Gasteiger partial charge in [-0.3, -0.25) is 4.79 Å². The molecule has 2 aromatic rings. The molecule has 0 fully saturated rings. The number of carbonyl (C=O) groups is 1. The molecule has 1 heterocycles. The van der Waals surface area contributed by atoms with E-state index in [2.05, 4.69) is 10.5 Å². The molecule has 0 saturated carbocycles. The number of aromatic hydroxyl groups is 2. The van der Waals surface area contributed by atoms with Crippen LogP contribution in [-0.2, 0) is 6.42 Å². The molecule has 0 aliphatic carbocycles. The average Bonchev–Trinajstić information content (AvgIpc) is 2.73. The van der Waals surface area contributed by atoms with Gasteiger partial charge in [0.15, 0.2) is 11.5 Å². The molecule has 21 heavy (non-hydrogen) atoms. The first kappa shape index (κ1) is 14.9. The Morgan fingerprint density at radius 3 is 2.62 bits per heavy atom. The molecule has 0 radical (unpaired) electrons. The Kier molecular flexibility index (Phi) is 4.16. The van der Waals surface area contributed by atoms with E-state index in [0.29, 0.717) is 23.4 Å². The number of carbonyl (C=O) groups excluding carboxylic acids is 1. The third kappa shape index (κ3) is 3.34. The van der Waals surface area contributed by atoms with Crippen molar-refractivity contribution in [3.05, 3.63) is 40.8 Å². The minimum Gasteiger partial charge on any atom is -0.504 e. The van der Waals surface area contributed by atoms with Gasteiger partial charge in [0.05, 0.1) is 5.69 Å². The number of hydrogen-bond acceptors (Lipinski definition) is 5. The Bertz CT molecular complexity index is 644. The Morgan fingerprint density at radius 1 is 1.33 bits per heavy atom. The predicted octanol–water partition coefficient (Wildman–Crippen LogP) is 2.06. The topological polar surface area (TPSA) is 95.6 Å². The zero-order chi connectivity index (χ0) is 15.6. The van der Waals surface area contributed by atoms with Gasteiger partial charge in [-0.1, -0.05) is 11.2 Å². The first-order valence-corrected chi connectivity index (χ1v) is 6.63. The molecule has 0 bridgehead atoms. The first-order valence-electron chi connectivity index (χ1n) is 6.63. The predicted molar refractivity (Wildman–Crippen MR) is 76.4 cm³/mol. The zero-order valence-electron chi connectivity index (χ0n) is 12.2. The van der Waals surface area contributed by atoms with Crippen molar-refractivity contribution < 1.29 is 19.5 Å². The van der Waals surface area contributed by atoms with Crippen molar-refractivity contribution in [3.63, 3.8) is 0 Å². The number of nitrogens with zero attached hydrogens (tertiary/aromatic N) is 1. The summed E-state index contributed by atoms with van der Waals surface area (Å²) in [5.74, 6) is -0.0795. The van der Waals surface area contributed by atoms with E-state index in [-0.39, 0.29) is 23.4 Å². The van der Waals surface area contributed by atoms with Crippen molar-refractivity contribution in [2.75, 3.05) is 0 Å². The first-order chi connectivity index (χ1) is 9.88. The Balaban J connectivity index is 2.03. The molecular weight excluding hydrogens is 272 g/mol. The van der Waals surface area contributed by atoms with E-state index in [1.165, 1.54) is 12.1 Å². The molecule has 6 nitrogen and oxygen atoms in total. The summed E-state index contributed by atoms with van der Waals surface area (Å²) in [6.45, 7) is 5.27. The lowest BCUT2D eigenvalue weighted by Gasteiger charge is -2.14. The van der Waals surface area contributed by atoms with E-state index >= 15 is 0 Å². The van der Waals surface area contributed by atoms with Gasteiger partial charge in [-0.25, -0.2) is 0 Å². The molecular formula is C15H18N2O4. The third-order valence-corrected chi connectivity index (χ3v) is 3.22. The Labute approximate surface area is 122 Å². The monoisotopic (exact) mass is 290 g/mol. The second kappa shape index (κ2) is 5.87. The zero-order valence-corrected chi connectivity index (χ0v) is 12.2. The number of phenolic OH excluding ortho intramolecular Hbond substituents is 2. The fourth-order valence-electron chi connectivity index (χ4n) is 2.20. The number of aromatic nitrogens is 1. The van der Waals surface area contributed by atoms with Gasteiger partial charge in [-0.2, -0.15) is 0 Å². The standard InChI is InChI=1S/C15H18N2O4/c1-8(6-11-4-5-12(18)13(19)7-11)16-15(20)14-9(2)17-21-10(14)3/h4-5,7-8,18-19H,6H2,1-3H3,(H,16,20)/t8-/m0/s1. The van der Waals surface area contributed by atoms with Crippen LogP contribution in [0.25, 0.3) is 0 Å². The van der Waals surface area contributed by atoms with E-state index in [4.69, 9.17) is 4.52 Å². The Hall–Kier alpha value is -2.50. The van der Waals surface area contributed by atoms with E-state index in [9.17, 15) is 15.0 Å². The van der Waals surface area contributed by atoms with Gasteiger partial charge in [-0.15, -0.1) is 0 Å². The molecule has 0 unspecified atom stereocenters. The van der Waals surface area contributed by atoms with Crippen molar-refractivity contribution in [2.24, 2.45) is 0 Å². The molecule has 2 rings (SSSR count). The van der Waals surface area contributed by atoms with Crippen molar-refractivity contribution in [1.29, 1.82) is 0 Å². The minimum atomic E-state index is -0.234. The molecule has 6 heteroatoms. The molecule has 0 aliphatic heterocycles. The number of amides is 1. The molecule has 1 aromatic carbocycles. The lowest BCUT2D eigenvalue weighted by Crippen LogP contribution is -2.34. The summed E-state index contributed by atoms with van der Waals surface area (Å²) in [5, 5.41) is 25.3. The second-order valence-corrected chi connectivity index (χ2v) is 5.10. The fraction of sp³-hybridized carbons (Fsp3) is 0.333. The van der Waals surface area contributed by atoms with Gasteiger partial charge in [-0.05, 0) is 44.9 Å². The highest BCUT2D eigenvalue weighted by atomic mass is 16.5. The summed E-state index contributed by atoms with van der Waals surface area (Å²) in [4.78, 5) is 12.2. The number of rotatable bonds is 4. The fourth-order valence-corrected chi connectivity index (χ4v) is 2.20. The van der Waals surface area contributed by atoms with Gasteiger partial charge in [0.2, 0.25) is 0 Å². The molecule has 112 valence electrons. The van der Waals surface area contributed by atoms with Crippen LogP contribution in [0.1, 0.15) is 34.3 Å². The lowest BCUT2D eigenvalue weighted by molar-refractivity contribution is 0.0938. The van der Waals surface area contributed by atoms with Crippen LogP contribution < -0.4 is 5.32 Å². The van der Waals surface area contributed by atoms with Gasteiger partial charge < -0.3 is 20.1 Å². The summed E-state index contributed by atoms with van der Waals surface area (Å²) in [5.41, 5.74) is 1.83. The summed E-state index contributed by atoms with van der Waals surface area (Å²) >= 11 is 0. The average molecular weight is 290 g/mol. The summed E-state index contributed by atoms with van der Waals surface area (Å²) in [6, 6.07) is 4.46. The largest absolute Gasteiger partial charge is 0.504 e. The highest BCUT2D eigenvalue weighted by Gasteiger charge is 2.19. The maximum atomic E-state index is 12.2. The summed E-state index contributed by atoms with van der Waals surface area (Å²) < 4.78 is 4.97. The van der Waals surface area contributed by atoms with Gasteiger partial charge >= 0.3 is 0 Å².